The molecule has 0 unspecified atom stereocenters. The van der Waals surface area contributed by atoms with Gasteiger partial charge in [0.25, 0.3) is 0 Å². The van der Waals surface area contributed by atoms with Crippen LogP contribution in [0, 0.1) is 0 Å². The topological polar surface area (TPSA) is 34.0 Å². The highest BCUT2D eigenvalue weighted by molar-refractivity contribution is 5.42. The zero-order valence-electron chi connectivity index (χ0n) is 13.2. The van der Waals surface area contributed by atoms with Crippen molar-refractivity contribution in [2.45, 2.75) is 0 Å². The quantitative estimate of drug-likeness (QED) is 0.400. The second-order valence-electron chi connectivity index (χ2n) is 5.89. The van der Waals surface area contributed by atoms with Crippen LogP contribution < -0.4 is 28.7 Å². The van der Waals surface area contributed by atoms with Crippen molar-refractivity contribution in [1.29, 1.82) is 0 Å². The Bertz CT molecular complexity index is 577. The zero-order valence-corrected chi connectivity index (χ0v) is 15.4. The Morgan fingerprint density at radius 1 is 0.818 bits per heavy atom. The van der Waals surface area contributed by atoms with E-state index in [9.17, 15) is 0 Å². The van der Waals surface area contributed by atoms with E-state index in [-0.39, 0.29) is 24.0 Å². The molecule has 0 aliphatic heterocycles. The van der Waals surface area contributed by atoms with Crippen molar-refractivity contribution in [3.63, 3.8) is 0 Å². The third kappa shape index (κ3) is 7.00. The molecule has 0 N–H and O–H groups in total. The molecule has 2 aromatic rings. The molecule has 0 aliphatic rings. The molecule has 0 saturated carbocycles. The van der Waals surface area contributed by atoms with E-state index < -0.39 is 0 Å². The van der Waals surface area contributed by atoms with Gasteiger partial charge >= 0.3 is 0 Å². The SMILES string of the molecule is C[N+](C)(C)CCOc1ccc(N=Nc2ccccc2)cc1.[I-]. The van der Waals surface area contributed by atoms with Gasteiger partial charge in [-0.1, -0.05) is 18.2 Å². The van der Waals surface area contributed by atoms with Crippen LogP contribution in [0.5, 0.6) is 5.75 Å². The molecule has 0 atom stereocenters. The van der Waals surface area contributed by atoms with Crippen LogP contribution in [0.15, 0.2) is 64.8 Å². The lowest BCUT2D eigenvalue weighted by Gasteiger charge is -2.23. The fourth-order valence-corrected chi connectivity index (χ4v) is 1.66. The molecule has 0 heterocycles. The van der Waals surface area contributed by atoms with E-state index in [1.807, 2.05) is 54.6 Å². The Morgan fingerprint density at radius 2 is 1.36 bits per heavy atom. The molecule has 0 aliphatic carbocycles. The van der Waals surface area contributed by atoms with Crippen molar-refractivity contribution < 1.29 is 33.2 Å². The van der Waals surface area contributed by atoms with Gasteiger partial charge in [-0.15, -0.1) is 0 Å². The van der Waals surface area contributed by atoms with Crippen LogP contribution in [-0.4, -0.2) is 38.8 Å². The average molecular weight is 411 g/mol. The Morgan fingerprint density at radius 3 is 1.91 bits per heavy atom. The number of nitrogens with zero attached hydrogens (tertiary/aromatic N) is 3. The molecular weight excluding hydrogens is 389 g/mol. The van der Waals surface area contributed by atoms with E-state index in [0.29, 0.717) is 6.61 Å². The van der Waals surface area contributed by atoms with Crippen LogP contribution in [-0.2, 0) is 0 Å². The van der Waals surface area contributed by atoms with Gasteiger partial charge in [-0.05, 0) is 36.4 Å². The number of ether oxygens (including phenoxy) is 1. The summed E-state index contributed by atoms with van der Waals surface area (Å²) in [5.74, 6) is 0.863. The molecule has 4 nitrogen and oxygen atoms in total. The molecule has 0 amide bonds. The van der Waals surface area contributed by atoms with E-state index in [4.69, 9.17) is 4.74 Å². The number of likely N-dealkylation sites (N-methyl/N-ethyl adjacent to an activating group) is 1. The lowest BCUT2D eigenvalue weighted by atomic mass is 10.3. The van der Waals surface area contributed by atoms with Crippen LogP contribution in [0.3, 0.4) is 0 Å². The smallest absolute Gasteiger partial charge is 0.137 e. The van der Waals surface area contributed by atoms with Gasteiger partial charge in [-0.3, -0.25) is 0 Å². The Labute approximate surface area is 149 Å². The average Bonchev–Trinajstić information content (AvgIpc) is 2.46. The van der Waals surface area contributed by atoms with E-state index in [1.54, 1.807) is 0 Å². The Hall–Kier alpha value is -1.47. The molecule has 22 heavy (non-hydrogen) atoms. The first-order chi connectivity index (χ1) is 10.0. The third-order valence-electron chi connectivity index (χ3n) is 2.90. The molecule has 0 fully saturated rings. The van der Waals surface area contributed by atoms with Crippen molar-refractivity contribution in [2.75, 3.05) is 34.3 Å². The van der Waals surface area contributed by atoms with E-state index >= 15 is 0 Å². The minimum atomic E-state index is 0. The molecule has 0 bridgehead atoms. The van der Waals surface area contributed by atoms with Crippen LogP contribution in [0.25, 0.3) is 0 Å². The number of halogens is 1. The summed E-state index contributed by atoms with van der Waals surface area (Å²) in [4.78, 5) is 0. The Kier molecular flexibility index (Phi) is 7.47. The molecule has 0 aromatic heterocycles. The van der Waals surface area contributed by atoms with Crippen LogP contribution in [0.1, 0.15) is 0 Å². The second-order valence-corrected chi connectivity index (χ2v) is 5.89. The number of quaternary nitrogens is 1. The number of benzene rings is 2. The summed E-state index contributed by atoms with van der Waals surface area (Å²) in [7, 11) is 6.45. The highest BCUT2D eigenvalue weighted by atomic mass is 127. The Balaban J connectivity index is 0.00000242. The van der Waals surface area contributed by atoms with Gasteiger partial charge in [0.05, 0.1) is 32.5 Å². The van der Waals surface area contributed by atoms with Gasteiger partial charge in [0, 0.05) is 0 Å². The number of hydrogen-bond acceptors (Lipinski definition) is 3. The van der Waals surface area contributed by atoms with Gasteiger partial charge in [-0.2, -0.15) is 10.2 Å². The first kappa shape index (κ1) is 18.6. The summed E-state index contributed by atoms with van der Waals surface area (Å²) in [6.07, 6.45) is 0. The molecule has 2 aromatic carbocycles. The summed E-state index contributed by atoms with van der Waals surface area (Å²) in [5.41, 5.74) is 1.67. The lowest BCUT2D eigenvalue weighted by molar-refractivity contribution is -0.870. The first-order valence-electron chi connectivity index (χ1n) is 7.03. The standard InChI is InChI=1S/C17H22N3O.HI/c1-20(2,3)13-14-21-17-11-9-16(10-12-17)19-18-15-7-5-4-6-8-15;/h4-12H,13-14H2,1-3H3;1H/q+1;/p-1. The third-order valence-corrected chi connectivity index (χ3v) is 2.90. The highest BCUT2D eigenvalue weighted by Crippen LogP contribution is 2.21. The zero-order chi connectivity index (χ0) is 15.1. The molecule has 118 valence electrons. The number of azo groups is 1. The maximum absolute atomic E-state index is 5.71. The maximum Gasteiger partial charge on any atom is 0.137 e. The molecule has 5 heteroatoms. The molecule has 0 radical (unpaired) electrons. The summed E-state index contributed by atoms with van der Waals surface area (Å²) in [6.45, 7) is 1.67. The van der Waals surface area contributed by atoms with Crippen molar-refractivity contribution in [3.8, 4) is 5.75 Å². The van der Waals surface area contributed by atoms with Crippen molar-refractivity contribution in [1.82, 2.24) is 0 Å². The van der Waals surface area contributed by atoms with Gasteiger partial charge in [0.2, 0.25) is 0 Å². The molecule has 0 saturated heterocycles. The fourth-order valence-electron chi connectivity index (χ4n) is 1.66. The number of hydrogen-bond donors (Lipinski definition) is 0. The maximum atomic E-state index is 5.71. The van der Waals surface area contributed by atoms with Gasteiger partial charge in [0.15, 0.2) is 0 Å². The van der Waals surface area contributed by atoms with Crippen molar-refractivity contribution in [2.24, 2.45) is 10.2 Å². The second kappa shape index (κ2) is 8.85. The summed E-state index contributed by atoms with van der Waals surface area (Å²) >= 11 is 0. The van der Waals surface area contributed by atoms with Crippen LogP contribution >= 0.6 is 0 Å². The predicted molar refractivity (Wildman–Crippen MR) is 85.5 cm³/mol. The minimum absolute atomic E-state index is 0. The summed E-state index contributed by atoms with van der Waals surface area (Å²) in [6, 6.07) is 17.4. The fraction of sp³-hybridized carbons (Fsp3) is 0.294. The molecule has 0 spiro atoms. The molecule has 2 rings (SSSR count). The molecular formula is C17H22IN3O. The van der Waals surface area contributed by atoms with Crippen LogP contribution in [0.4, 0.5) is 11.4 Å². The van der Waals surface area contributed by atoms with E-state index in [2.05, 4.69) is 31.4 Å². The van der Waals surface area contributed by atoms with Gasteiger partial charge < -0.3 is 33.2 Å². The van der Waals surface area contributed by atoms with Gasteiger partial charge in [0.1, 0.15) is 18.9 Å². The van der Waals surface area contributed by atoms with Crippen molar-refractivity contribution in [3.05, 3.63) is 54.6 Å². The van der Waals surface area contributed by atoms with Crippen molar-refractivity contribution >= 4 is 11.4 Å². The van der Waals surface area contributed by atoms with E-state index in [1.165, 1.54) is 0 Å². The normalized spacial score (nSPS) is 11.2. The van der Waals surface area contributed by atoms with E-state index in [0.717, 1.165) is 28.2 Å². The van der Waals surface area contributed by atoms with Crippen LogP contribution in [0.2, 0.25) is 0 Å². The minimum Gasteiger partial charge on any atom is -1.00 e. The summed E-state index contributed by atoms with van der Waals surface area (Å²) in [5, 5.41) is 8.39. The van der Waals surface area contributed by atoms with Gasteiger partial charge in [-0.25, -0.2) is 0 Å². The predicted octanol–water partition coefficient (Wildman–Crippen LogP) is 1.19. The number of rotatable bonds is 6. The monoisotopic (exact) mass is 411 g/mol. The highest BCUT2D eigenvalue weighted by Gasteiger charge is 2.06. The lowest BCUT2D eigenvalue weighted by Crippen LogP contribution is -3.00. The summed E-state index contributed by atoms with van der Waals surface area (Å²) < 4.78 is 6.60. The first-order valence-corrected chi connectivity index (χ1v) is 7.03. The largest absolute Gasteiger partial charge is 1.00 e.